The first kappa shape index (κ1) is 29.7. The topological polar surface area (TPSA) is 221 Å². The zero-order valence-electron chi connectivity index (χ0n) is 20.2. The van der Waals surface area contributed by atoms with Gasteiger partial charge in [0.15, 0.2) is 0 Å². The van der Waals surface area contributed by atoms with Gasteiger partial charge >= 0.3 is 35.5 Å². The minimum Gasteiger partial charge on any atom is -0.492 e. The molecule has 0 aliphatic heterocycles. The number of carbonyl (C=O) groups is 5. The van der Waals surface area contributed by atoms with Crippen molar-refractivity contribution in [2.24, 2.45) is 0 Å². The molecule has 38 heavy (non-hydrogen) atoms. The SMILES string of the molecule is CCOC(=O)c1cc2ccc(OCCN(CC(=O)O)CC(=O)O)c(CN(CC(=O)O)CC(=O)O)c2oc1=O. The molecule has 0 spiro atoms. The van der Waals surface area contributed by atoms with Gasteiger partial charge in [-0.3, -0.25) is 29.0 Å². The van der Waals surface area contributed by atoms with E-state index in [-0.39, 0.29) is 54.1 Å². The lowest BCUT2D eigenvalue weighted by Crippen LogP contribution is -2.37. The predicted octanol–water partition coefficient (Wildman–Crippen LogP) is -0.209. The second kappa shape index (κ2) is 13.7. The van der Waals surface area contributed by atoms with Crippen molar-refractivity contribution in [3.05, 3.63) is 39.7 Å². The molecule has 1 heterocycles. The van der Waals surface area contributed by atoms with E-state index in [1.165, 1.54) is 18.2 Å². The van der Waals surface area contributed by atoms with Crippen LogP contribution in [0.1, 0.15) is 22.8 Å². The van der Waals surface area contributed by atoms with E-state index in [0.717, 1.165) is 9.80 Å². The van der Waals surface area contributed by atoms with Crippen molar-refractivity contribution in [1.29, 1.82) is 0 Å². The maximum atomic E-state index is 12.5. The Morgan fingerprint density at radius 2 is 1.42 bits per heavy atom. The summed E-state index contributed by atoms with van der Waals surface area (Å²) in [5, 5.41) is 36.6. The van der Waals surface area contributed by atoms with Crippen LogP contribution in [-0.4, -0.2) is 106 Å². The molecule has 1 aromatic carbocycles. The van der Waals surface area contributed by atoms with Crippen LogP contribution in [0.2, 0.25) is 0 Å². The van der Waals surface area contributed by atoms with Crippen LogP contribution in [0.15, 0.2) is 27.4 Å². The third-order valence-corrected chi connectivity index (χ3v) is 4.94. The number of carboxylic acid groups (broad SMARTS) is 4. The fraction of sp³-hybridized carbons (Fsp3) is 0.391. The first-order valence-electron chi connectivity index (χ1n) is 11.1. The molecule has 0 atom stereocenters. The van der Waals surface area contributed by atoms with Crippen LogP contribution in [0.4, 0.5) is 0 Å². The van der Waals surface area contributed by atoms with Crippen molar-refractivity contribution < 1.29 is 58.3 Å². The summed E-state index contributed by atoms with van der Waals surface area (Å²) >= 11 is 0. The van der Waals surface area contributed by atoms with E-state index >= 15 is 0 Å². The summed E-state index contributed by atoms with van der Waals surface area (Å²) in [6, 6.07) is 4.06. The Hall–Kier alpha value is -4.50. The van der Waals surface area contributed by atoms with Gasteiger partial charge in [-0.25, -0.2) is 9.59 Å². The van der Waals surface area contributed by atoms with Crippen molar-refractivity contribution in [3.8, 4) is 5.75 Å². The molecule has 0 saturated heterocycles. The Bertz CT molecular complexity index is 1240. The lowest BCUT2D eigenvalue weighted by Gasteiger charge is -2.22. The molecule has 206 valence electrons. The molecule has 2 aromatic rings. The van der Waals surface area contributed by atoms with E-state index in [9.17, 15) is 39.0 Å². The Morgan fingerprint density at radius 3 is 1.95 bits per heavy atom. The van der Waals surface area contributed by atoms with Crippen LogP contribution >= 0.6 is 0 Å². The largest absolute Gasteiger partial charge is 0.492 e. The van der Waals surface area contributed by atoms with Crippen LogP contribution < -0.4 is 10.4 Å². The van der Waals surface area contributed by atoms with Gasteiger partial charge in [0.25, 0.3) is 0 Å². The van der Waals surface area contributed by atoms with Gasteiger partial charge in [0, 0.05) is 18.5 Å². The third-order valence-electron chi connectivity index (χ3n) is 4.94. The maximum absolute atomic E-state index is 12.5. The number of hydrogen-bond donors (Lipinski definition) is 4. The van der Waals surface area contributed by atoms with E-state index in [1.54, 1.807) is 6.92 Å². The number of ether oxygens (including phenoxy) is 2. The van der Waals surface area contributed by atoms with Gasteiger partial charge in [0.1, 0.15) is 23.5 Å². The second-order valence-corrected chi connectivity index (χ2v) is 7.91. The molecule has 0 amide bonds. The average molecular weight is 538 g/mol. The summed E-state index contributed by atoms with van der Waals surface area (Å²) in [4.78, 5) is 71.4. The smallest absolute Gasteiger partial charge is 0.351 e. The zero-order valence-corrected chi connectivity index (χ0v) is 20.2. The normalized spacial score (nSPS) is 11.0. The van der Waals surface area contributed by atoms with Crippen LogP contribution in [0, 0.1) is 0 Å². The lowest BCUT2D eigenvalue weighted by molar-refractivity contribution is -0.144. The molecule has 2 rings (SSSR count). The zero-order chi connectivity index (χ0) is 28.4. The fourth-order valence-electron chi connectivity index (χ4n) is 3.52. The minimum absolute atomic E-state index is 0.00838. The second-order valence-electron chi connectivity index (χ2n) is 7.91. The standard InChI is InChI=1S/C23H26N2O13/c1-2-36-22(34)14-7-13-3-4-16(37-6-5-24(9-17(26)27)10-18(28)29)15(21(13)38-23(14)35)8-25(11-19(30)31)12-20(32)33/h3-4,7H,2,5-6,8-12H2,1H3,(H,26,27)(H,28,29)(H,30,31)(H,32,33). The molecule has 0 aliphatic rings. The summed E-state index contributed by atoms with van der Waals surface area (Å²) in [6.07, 6.45) is 0. The quantitative estimate of drug-likeness (QED) is 0.160. The van der Waals surface area contributed by atoms with Crippen LogP contribution in [0.5, 0.6) is 5.75 Å². The van der Waals surface area contributed by atoms with E-state index in [1.807, 2.05) is 0 Å². The Kier molecular flexibility index (Phi) is 10.7. The summed E-state index contributed by atoms with van der Waals surface area (Å²) in [7, 11) is 0. The molecule has 0 aliphatic carbocycles. The van der Waals surface area contributed by atoms with Crippen LogP contribution in [0.25, 0.3) is 11.0 Å². The molecule has 0 bridgehead atoms. The molecular weight excluding hydrogens is 512 g/mol. The van der Waals surface area contributed by atoms with Gasteiger partial charge in [-0.15, -0.1) is 0 Å². The van der Waals surface area contributed by atoms with Crippen molar-refractivity contribution in [3.63, 3.8) is 0 Å². The predicted molar refractivity (Wildman–Crippen MR) is 126 cm³/mol. The van der Waals surface area contributed by atoms with E-state index in [4.69, 9.17) is 24.1 Å². The van der Waals surface area contributed by atoms with Gasteiger partial charge in [-0.2, -0.15) is 0 Å². The molecule has 0 saturated carbocycles. The summed E-state index contributed by atoms with van der Waals surface area (Å²) in [5.74, 6) is -6.03. The van der Waals surface area contributed by atoms with Crippen molar-refractivity contribution in [2.45, 2.75) is 13.5 Å². The van der Waals surface area contributed by atoms with Gasteiger partial charge < -0.3 is 34.3 Å². The van der Waals surface area contributed by atoms with E-state index in [0.29, 0.717) is 0 Å². The molecule has 15 heteroatoms. The highest BCUT2D eigenvalue weighted by Crippen LogP contribution is 2.29. The lowest BCUT2D eigenvalue weighted by atomic mass is 10.1. The highest BCUT2D eigenvalue weighted by atomic mass is 16.5. The molecule has 4 N–H and O–H groups in total. The van der Waals surface area contributed by atoms with Crippen molar-refractivity contribution >= 4 is 40.8 Å². The molecular formula is C23H26N2O13. The van der Waals surface area contributed by atoms with Gasteiger partial charge in [0.2, 0.25) is 0 Å². The third kappa shape index (κ3) is 8.86. The summed E-state index contributed by atoms with van der Waals surface area (Å²) in [5.41, 5.74) is -1.45. The number of nitrogens with zero attached hydrogens (tertiary/aromatic N) is 2. The Labute approximate surface area is 214 Å². The molecule has 15 nitrogen and oxygen atoms in total. The monoisotopic (exact) mass is 538 g/mol. The maximum Gasteiger partial charge on any atom is 0.351 e. The van der Waals surface area contributed by atoms with Crippen molar-refractivity contribution in [2.75, 3.05) is 45.9 Å². The molecule has 1 aromatic heterocycles. The highest BCUT2D eigenvalue weighted by molar-refractivity contribution is 5.94. The molecule has 0 radical (unpaired) electrons. The Balaban J connectivity index is 2.50. The number of esters is 1. The average Bonchev–Trinajstić information content (AvgIpc) is 2.78. The number of rotatable bonds is 16. The van der Waals surface area contributed by atoms with Crippen LogP contribution in [-0.2, 0) is 30.5 Å². The highest BCUT2D eigenvalue weighted by Gasteiger charge is 2.23. The van der Waals surface area contributed by atoms with E-state index in [2.05, 4.69) is 0 Å². The van der Waals surface area contributed by atoms with Crippen LogP contribution in [0.3, 0.4) is 0 Å². The summed E-state index contributed by atoms with van der Waals surface area (Å²) < 4.78 is 15.9. The molecule has 0 fully saturated rings. The minimum atomic E-state index is -1.32. The number of carboxylic acids is 4. The summed E-state index contributed by atoms with van der Waals surface area (Å²) in [6.45, 7) is -1.66. The first-order valence-corrected chi connectivity index (χ1v) is 11.1. The van der Waals surface area contributed by atoms with Crippen molar-refractivity contribution in [1.82, 2.24) is 9.80 Å². The van der Waals surface area contributed by atoms with E-state index < -0.39 is 61.7 Å². The van der Waals surface area contributed by atoms with Gasteiger partial charge in [0.05, 0.1) is 38.3 Å². The number of hydrogen-bond acceptors (Lipinski definition) is 11. The number of carbonyl (C=O) groups excluding carboxylic acids is 1. The first-order chi connectivity index (χ1) is 17.9. The van der Waals surface area contributed by atoms with Gasteiger partial charge in [-0.1, -0.05) is 0 Å². The number of fused-ring (bicyclic) bond motifs is 1. The number of aliphatic carboxylic acids is 4. The molecule has 0 unspecified atom stereocenters. The van der Waals surface area contributed by atoms with Gasteiger partial charge in [-0.05, 0) is 25.1 Å². The fourth-order valence-corrected chi connectivity index (χ4v) is 3.52. The number of benzene rings is 1. The Morgan fingerprint density at radius 1 is 0.868 bits per heavy atom.